The number of amides is 1. The molecule has 1 aromatic carbocycles. The average Bonchev–Trinajstić information content (AvgIpc) is 2.75. The molecule has 0 atom stereocenters. The van der Waals surface area contributed by atoms with Crippen LogP contribution in [-0.2, 0) is 6.54 Å². The summed E-state index contributed by atoms with van der Waals surface area (Å²) in [5, 5.41) is 6.63. The van der Waals surface area contributed by atoms with E-state index in [0.717, 1.165) is 11.3 Å². The van der Waals surface area contributed by atoms with Crippen LogP contribution in [0.25, 0.3) is 0 Å². The van der Waals surface area contributed by atoms with E-state index in [1.807, 2.05) is 6.92 Å². The van der Waals surface area contributed by atoms with Gasteiger partial charge >= 0.3 is 0 Å². The Hall–Kier alpha value is -2.17. The first kappa shape index (κ1) is 12.3. The van der Waals surface area contributed by atoms with Gasteiger partial charge in [0.25, 0.3) is 5.91 Å². The third-order valence-corrected chi connectivity index (χ3v) is 2.58. The minimum atomic E-state index is -0.302. The molecule has 0 aliphatic heterocycles. The molecular weight excluding hydrogens is 233 g/mol. The Morgan fingerprint density at radius 2 is 2.22 bits per heavy atom. The van der Waals surface area contributed by atoms with Crippen molar-refractivity contribution in [3.05, 3.63) is 53.1 Å². The number of benzene rings is 1. The summed E-state index contributed by atoms with van der Waals surface area (Å²) < 4.78 is 13.0. The van der Waals surface area contributed by atoms with Gasteiger partial charge in [0.1, 0.15) is 11.5 Å². The van der Waals surface area contributed by atoms with Gasteiger partial charge in [-0.2, -0.15) is 5.10 Å². The molecule has 0 aliphatic carbocycles. The predicted octanol–water partition coefficient (Wildman–Crippen LogP) is 2.13. The lowest BCUT2D eigenvalue weighted by atomic mass is 10.2. The van der Waals surface area contributed by atoms with Crippen molar-refractivity contribution < 1.29 is 9.18 Å². The van der Waals surface area contributed by atoms with E-state index in [0.29, 0.717) is 12.2 Å². The minimum Gasteiger partial charge on any atom is -0.336 e. The number of rotatable bonds is 3. The van der Waals surface area contributed by atoms with Gasteiger partial charge in [-0.3, -0.25) is 9.89 Å². The second-order valence-corrected chi connectivity index (χ2v) is 4.23. The fourth-order valence-electron chi connectivity index (χ4n) is 1.70. The fraction of sp³-hybridized carbons (Fsp3) is 0.231. The van der Waals surface area contributed by atoms with Crippen LogP contribution in [0.2, 0.25) is 0 Å². The number of hydrogen-bond donors (Lipinski definition) is 1. The topological polar surface area (TPSA) is 49.0 Å². The van der Waals surface area contributed by atoms with Crippen LogP contribution in [-0.4, -0.2) is 28.1 Å². The number of hydrogen-bond acceptors (Lipinski definition) is 2. The standard InChI is InChI=1S/C13H14FN3O/c1-9-6-12(16-15-9)13(18)17(2)8-10-4-3-5-11(14)7-10/h3-7H,8H2,1-2H3,(H,15,16). The molecule has 2 aromatic rings. The molecule has 0 aliphatic rings. The van der Waals surface area contributed by atoms with Gasteiger partial charge in [0.05, 0.1) is 0 Å². The van der Waals surface area contributed by atoms with Crippen LogP contribution < -0.4 is 0 Å². The second kappa shape index (κ2) is 5.00. The Labute approximate surface area is 104 Å². The lowest BCUT2D eigenvalue weighted by Gasteiger charge is -2.15. The maximum absolute atomic E-state index is 13.0. The highest BCUT2D eigenvalue weighted by Crippen LogP contribution is 2.09. The zero-order valence-corrected chi connectivity index (χ0v) is 10.3. The molecule has 5 heteroatoms. The highest BCUT2D eigenvalue weighted by atomic mass is 19.1. The van der Waals surface area contributed by atoms with Crippen molar-refractivity contribution in [1.82, 2.24) is 15.1 Å². The van der Waals surface area contributed by atoms with E-state index in [1.165, 1.54) is 17.0 Å². The zero-order chi connectivity index (χ0) is 13.1. The molecule has 2 rings (SSSR count). The Kier molecular flexibility index (Phi) is 3.41. The van der Waals surface area contributed by atoms with Crippen LogP contribution in [0.4, 0.5) is 4.39 Å². The summed E-state index contributed by atoms with van der Waals surface area (Å²) in [6, 6.07) is 7.89. The van der Waals surface area contributed by atoms with Crippen molar-refractivity contribution >= 4 is 5.91 Å². The van der Waals surface area contributed by atoms with E-state index in [1.54, 1.807) is 25.2 Å². The lowest BCUT2D eigenvalue weighted by Crippen LogP contribution is -2.26. The third kappa shape index (κ3) is 2.74. The van der Waals surface area contributed by atoms with E-state index in [2.05, 4.69) is 10.2 Å². The molecule has 0 radical (unpaired) electrons. The molecule has 0 unspecified atom stereocenters. The van der Waals surface area contributed by atoms with Crippen LogP contribution in [0.1, 0.15) is 21.7 Å². The maximum atomic E-state index is 13.0. The summed E-state index contributed by atoms with van der Waals surface area (Å²) in [6.45, 7) is 2.18. The lowest BCUT2D eigenvalue weighted by molar-refractivity contribution is 0.0779. The largest absolute Gasteiger partial charge is 0.336 e. The molecule has 1 heterocycles. The second-order valence-electron chi connectivity index (χ2n) is 4.23. The normalized spacial score (nSPS) is 10.4. The molecule has 18 heavy (non-hydrogen) atoms. The quantitative estimate of drug-likeness (QED) is 0.903. The smallest absolute Gasteiger partial charge is 0.274 e. The molecular formula is C13H14FN3O. The van der Waals surface area contributed by atoms with Crippen molar-refractivity contribution in [2.24, 2.45) is 0 Å². The third-order valence-electron chi connectivity index (χ3n) is 2.58. The Morgan fingerprint density at radius 1 is 1.44 bits per heavy atom. The Morgan fingerprint density at radius 3 is 2.83 bits per heavy atom. The van der Waals surface area contributed by atoms with Gasteiger partial charge in [-0.25, -0.2) is 4.39 Å². The summed E-state index contributed by atoms with van der Waals surface area (Å²) in [4.78, 5) is 13.5. The summed E-state index contributed by atoms with van der Waals surface area (Å²) in [7, 11) is 1.66. The first-order valence-electron chi connectivity index (χ1n) is 5.58. The van der Waals surface area contributed by atoms with Gasteiger partial charge in [0, 0.05) is 19.3 Å². The SMILES string of the molecule is Cc1cc(C(=O)N(C)Cc2cccc(F)c2)n[nH]1. The minimum absolute atomic E-state index is 0.191. The number of halogens is 1. The Balaban J connectivity index is 2.08. The van der Waals surface area contributed by atoms with Crippen LogP contribution in [0.15, 0.2) is 30.3 Å². The van der Waals surface area contributed by atoms with E-state index >= 15 is 0 Å². The van der Waals surface area contributed by atoms with Crippen LogP contribution in [0.3, 0.4) is 0 Å². The molecule has 1 N–H and O–H groups in total. The molecule has 0 spiro atoms. The molecule has 0 saturated carbocycles. The summed E-state index contributed by atoms with van der Waals surface area (Å²) in [5.74, 6) is -0.493. The molecule has 0 bridgehead atoms. The molecule has 1 amide bonds. The van der Waals surface area contributed by atoms with Gasteiger partial charge in [0.15, 0.2) is 0 Å². The van der Waals surface area contributed by atoms with Crippen molar-refractivity contribution in [2.75, 3.05) is 7.05 Å². The number of aromatic amines is 1. The first-order valence-corrected chi connectivity index (χ1v) is 5.58. The molecule has 1 aromatic heterocycles. The number of nitrogens with zero attached hydrogens (tertiary/aromatic N) is 2. The summed E-state index contributed by atoms with van der Waals surface area (Å²) in [5.41, 5.74) is 1.95. The number of H-pyrrole nitrogens is 1. The number of carbonyl (C=O) groups excluding carboxylic acids is 1. The predicted molar refractivity (Wildman–Crippen MR) is 65.5 cm³/mol. The van der Waals surface area contributed by atoms with Crippen molar-refractivity contribution in [3.8, 4) is 0 Å². The fourth-order valence-corrected chi connectivity index (χ4v) is 1.70. The maximum Gasteiger partial charge on any atom is 0.274 e. The molecule has 0 fully saturated rings. The molecule has 94 valence electrons. The number of nitrogens with one attached hydrogen (secondary N) is 1. The van der Waals surface area contributed by atoms with Gasteiger partial charge in [-0.15, -0.1) is 0 Å². The van der Waals surface area contributed by atoms with Gasteiger partial charge in [-0.05, 0) is 30.7 Å². The highest BCUT2D eigenvalue weighted by Gasteiger charge is 2.14. The summed E-state index contributed by atoms with van der Waals surface area (Å²) >= 11 is 0. The van der Waals surface area contributed by atoms with E-state index < -0.39 is 0 Å². The van der Waals surface area contributed by atoms with Crippen LogP contribution >= 0.6 is 0 Å². The molecule has 4 nitrogen and oxygen atoms in total. The van der Waals surface area contributed by atoms with Gasteiger partial charge in [0.2, 0.25) is 0 Å². The van der Waals surface area contributed by atoms with E-state index in [4.69, 9.17) is 0 Å². The zero-order valence-electron chi connectivity index (χ0n) is 10.3. The first-order chi connectivity index (χ1) is 8.56. The van der Waals surface area contributed by atoms with Crippen LogP contribution in [0, 0.1) is 12.7 Å². The average molecular weight is 247 g/mol. The Bertz CT molecular complexity index is 565. The van der Waals surface area contributed by atoms with E-state index in [9.17, 15) is 9.18 Å². The number of aryl methyl sites for hydroxylation is 1. The highest BCUT2D eigenvalue weighted by molar-refractivity contribution is 5.92. The van der Waals surface area contributed by atoms with E-state index in [-0.39, 0.29) is 11.7 Å². The van der Waals surface area contributed by atoms with Crippen molar-refractivity contribution in [1.29, 1.82) is 0 Å². The number of carbonyl (C=O) groups is 1. The summed E-state index contributed by atoms with van der Waals surface area (Å²) in [6.07, 6.45) is 0. The van der Waals surface area contributed by atoms with Gasteiger partial charge < -0.3 is 4.90 Å². The van der Waals surface area contributed by atoms with Crippen molar-refractivity contribution in [3.63, 3.8) is 0 Å². The van der Waals surface area contributed by atoms with Crippen LogP contribution in [0.5, 0.6) is 0 Å². The van der Waals surface area contributed by atoms with Crippen molar-refractivity contribution in [2.45, 2.75) is 13.5 Å². The molecule has 0 saturated heterocycles. The van der Waals surface area contributed by atoms with Gasteiger partial charge in [-0.1, -0.05) is 12.1 Å². The number of aromatic nitrogens is 2. The monoisotopic (exact) mass is 247 g/mol.